The van der Waals surface area contributed by atoms with E-state index in [0.717, 1.165) is 53.6 Å². The second-order valence-electron chi connectivity index (χ2n) is 12.5. The van der Waals surface area contributed by atoms with Crippen molar-refractivity contribution in [3.63, 3.8) is 0 Å². The number of carbonyl (C=O) groups is 2. The topological polar surface area (TPSA) is 96.9 Å². The minimum Gasteiger partial charge on any atom is -0.444 e. The van der Waals surface area contributed by atoms with Gasteiger partial charge in [0.15, 0.2) is 0 Å². The molecule has 42 heavy (non-hydrogen) atoms. The molecule has 9 heteroatoms. The number of rotatable bonds is 8. The SMILES string of the molecule is C/C=C(\c1ccc(C(=O)N2CCOC2)cc1C(C)C)c1nc(NC2CCCN(C(=O)OC(C)(C)C)C2)ncc1CCC. The number of hydrogen-bond donors (Lipinski definition) is 1. The van der Waals surface area contributed by atoms with Crippen molar-refractivity contribution in [2.75, 3.05) is 38.3 Å². The van der Waals surface area contributed by atoms with Gasteiger partial charge in [0.1, 0.15) is 12.3 Å². The van der Waals surface area contributed by atoms with E-state index in [-0.39, 0.29) is 24.0 Å². The second-order valence-corrected chi connectivity index (χ2v) is 12.5. The average molecular weight is 578 g/mol. The number of aromatic nitrogens is 2. The number of allylic oxidation sites excluding steroid dienone is 1. The lowest BCUT2D eigenvalue weighted by Crippen LogP contribution is -2.47. The van der Waals surface area contributed by atoms with Crippen molar-refractivity contribution in [3.05, 3.63) is 58.4 Å². The molecule has 2 aliphatic heterocycles. The first kappa shape index (κ1) is 31.5. The van der Waals surface area contributed by atoms with Crippen molar-refractivity contribution in [2.24, 2.45) is 0 Å². The lowest BCUT2D eigenvalue weighted by Gasteiger charge is -2.34. The van der Waals surface area contributed by atoms with Crippen LogP contribution in [0.3, 0.4) is 0 Å². The van der Waals surface area contributed by atoms with E-state index in [0.29, 0.717) is 44.5 Å². The minimum absolute atomic E-state index is 0.00363. The zero-order valence-corrected chi connectivity index (χ0v) is 26.3. The van der Waals surface area contributed by atoms with Gasteiger partial charge in [-0.15, -0.1) is 0 Å². The molecule has 228 valence electrons. The molecule has 1 atom stereocenters. The van der Waals surface area contributed by atoms with E-state index in [1.807, 2.05) is 46.0 Å². The monoisotopic (exact) mass is 577 g/mol. The van der Waals surface area contributed by atoms with Gasteiger partial charge in [-0.05, 0) is 81.7 Å². The van der Waals surface area contributed by atoms with Crippen LogP contribution in [0, 0.1) is 0 Å². The van der Waals surface area contributed by atoms with Gasteiger partial charge in [0.05, 0.1) is 12.3 Å². The lowest BCUT2D eigenvalue weighted by atomic mass is 9.87. The second kappa shape index (κ2) is 13.7. The van der Waals surface area contributed by atoms with Crippen molar-refractivity contribution < 1.29 is 19.1 Å². The summed E-state index contributed by atoms with van der Waals surface area (Å²) in [6.07, 6.45) is 7.36. The number of piperidine rings is 1. The van der Waals surface area contributed by atoms with E-state index >= 15 is 0 Å². The summed E-state index contributed by atoms with van der Waals surface area (Å²) >= 11 is 0. The minimum atomic E-state index is -0.531. The Morgan fingerprint density at radius 1 is 1.21 bits per heavy atom. The van der Waals surface area contributed by atoms with Gasteiger partial charge < -0.3 is 24.6 Å². The molecular formula is C33H47N5O4. The van der Waals surface area contributed by atoms with Gasteiger partial charge in [-0.2, -0.15) is 0 Å². The highest BCUT2D eigenvalue weighted by Crippen LogP contribution is 2.33. The van der Waals surface area contributed by atoms with E-state index in [1.54, 1.807) is 9.80 Å². The van der Waals surface area contributed by atoms with Gasteiger partial charge in [-0.1, -0.05) is 39.3 Å². The first-order valence-corrected chi connectivity index (χ1v) is 15.3. The molecule has 2 fully saturated rings. The number of benzene rings is 1. The molecule has 2 aliphatic rings. The Kier molecular flexibility index (Phi) is 10.2. The highest BCUT2D eigenvalue weighted by atomic mass is 16.6. The molecule has 4 rings (SSSR count). The normalized spacial score (nSPS) is 18.0. The Bertz CT molecular complexity index is 1290. The van der Waals surface area contributed by atoms with Crippen LogP contribution in [0.15, 0.2) is 30.5 Å². The molecule has 3 heterocycles. The van der Waals surface area contributed by atoms with Crippen LogP contribution < -0.4 is 5.32 Å². The molecule has 1 N–H and O–H groups in total. The van der Waals surface area contributed by atoms with Gasteiger partial charge in [0.25, 0.3) is 5.91 Å². The standard InChI is InChI=1S/C33H47N5O4/c1-8-11-24-19-34-31(35-25-12-10-15-37(20-25)32(40)42-33(5,6)7)36-29(24)26(9-2)27-14-13-23(18-28(27)22(3)4)30(39)38-16-17-41-21-38/h9,13-14,18-19,22,25H,8,10-12,15-17,20-21H2,1-7H3,(H,34,35,36)/b26-9+. The van der Waals surface area contributed by atoms with Crippen LogP contribution in [0.5, 0.6) is 0 Å². The fraction of sp³-hybridized carbons (Fsp3) is 0.576. The number of ether oxygens (including phenoxy) is 2. The maximum Gasteiger partial charge on any atom is 0.410 e. The third-order valence-electron chi connectivity index (χ3n) is 7.58. The Balaban J connectivity index is 1.62. The van der Waals surface area contributed by atoms with E-state index < -0.39 is 5.60 Å². The summed E-state index contributed by atoms with van der Waals surface area (Å²) in [6, 6.07) is 6.02. The molecule has 2 aromatic rings. The molecule has 1 aromatic heterocycles. The number of likely N-dealkylation sites (tertiary alicyclic amines) is 1. The maximum absolute atomic E-state index is 13.1. The molecule has 1 aromatic carbocycles. The predicted molar refractivity (Wildman–Crippen MR) is 166 cm³/mol. The molecule has 9 nitrogen and oxygen atoms in total. The summed E-state index contributed by atoms with van der Waals surface area (Å²) in [5.74, 6) is 0.746. The summed E-state index contributed by atoms with van der Waals surface area (Å²) in [5, 5.41) is 3.50. The van der Waals surface area contributed by atoms with Gasteiger partial charge in [-0.3, -0.25) is 4.79 Å². The van der Waals surface area contributed by atoms with Crippen molar-refractivity contribution in [3.8, 4) is 0 Å². The molecule has 2 amide bonds. The van der Waals surface area contributed by atoms with Gasteiger partial charge in [-0.25, -0.2) is 14.8 Å². The zero-order chi connectivity index (χ0) is 30.4. The Morgan fingerprint density at radius 3 is 2.64 bits per heavy atom. The van der Waals surface area contributed by atoms with Crippen LogP contribution >= 0.6 is 0 Å². The van der Waals surface area contributed by atoms with Crippen LogP contribution in [-0.2, 0) is 15.9 Å². The van der Waals surface area contributed by atoms with E-state index in [1.165, 1.54) is 0 Å². The van der Waals surface area contributed by atoms with Crippen molar-refractivity contribution in [2.45, 2.75) is 91.7 Å². The van der Waals surface area contributed by atoms with Gasteiger partial charge >= 0.3 is 6.09 Å². The van der Waals surface area contributed by atoms with Crippen molar-refractivity contribution in [1.82, 2.24) is 19.8 Å². The quantitative estimate of drug-likeness (QED) is 0.396. The number of nitrogens with one attached hydrogen (secondary N) is 1. The largest absolute Gasteiger partial charge is 0.444 e. The summed E-state index contributed by atoms with van der Waals surface area (Å²) in [4.78, 5) is 39.1. The third kappa shape index (κ3) is 7.68. The first-order valence-electron chi connectivity index (χ1n) is 15.3. The summed E-state index contributed by atoms with van der Waals surface area (Å²) < 4.78 is 11.0. The van der Waals surface area contributed by atoms with Gasteiger partial charge in [0, 0.05) is 43.0 Å². The van der Waals surface area contributed by atoms with Crippen LogP contribution in [0.2, 0.25) is 0 Å². The summed E-state index contributed by atoms with van der Waals surface area (Å²) in [5.41, 5.74) is 5.31. The number of carbonyl (C=O) groups excluding carboxylic acids is 2. The van der Waals surface area contributed by atoms with Crippen LogP contribution in [0.25, 0.3) is 5.57 Å². The number of amides is 2. The number of anilines is 1. The van der Waals surface area contributed by atoms with Crippen molar-refractivity contribution in [1.29, 1.82) is 0 Å². The van der Waals surface area contributed by atoms with E-state index in [4.69, 9.17) is 14.5 Å². The Labute approximate surface area is 250 Å². The summed E-state index contributed by atoms with van der Waals surface area (Å²) in [7, 11) is 0. The van der Waals surface area contributed by atoms with E-state index in [9.17, 15) is 9.59 Å². The number of nitrogens with zero attached hydrogens (tertiary/aromatic N) is 4. The van der Waals surface area contributed by atoms with Crippen LogP contribution in [-0.4, -0.2) is 76.4 Å². The lowest BCUT2D eigenvalue weighted by molar-refractivity contribution is 0.0206. The fourth-order valence-corrected chi connectivity index (χ4v) is 5.53. The molecule has 1 unspecified atom stereocenters. The zero-order valence-electron chi connectivity index (χ0n) is 26.3. The third-order valence-corrected chi connectivity index (χ3v) is 7.58. The van der Waals surface area contributed by atoms with E-state index in [2.05, 4.69) is 43.2 Å². The van der Waals surface area contributed by atoms with Gasteiger partial charge in [0.2, 0.25) is 5.95 Å². The maximum atomic E-state index is 13.1. The molecule has 2 saturated heterocycles. The van der Waals surface area contributed by atoms with Crippen molar-refractivity contribution >= 4 is 23.5 Å². The Morgan fingerprint density at radius 2 is 2.00 bits per heavy atom. The number of aryl methyl sites for hydroxylation is 1. The molecule has 0 bridgehead atoms. The molecule has 0 saturated carbocycles. The van der Waals surface area contributed by atoms with Crippen LogP contribution in [0.1, 0.15) is 106 Å². The smallest absolute Gasteiger partial charge is 0.410 e. The molecule has 0 radical (unpaired) electrons. The fourth-order valence-electron chi connectivity index (χ4n) is 5.53. The molecule has 0 spiro atoms. The average Bonchev–Trinajstić information content (AvgIpc) is 3.49. The first-order chi connectivity index (χ1) is 20.0. The highest BCUT2D eigenvalue weighted by molar-refractivity contribution is 5.95. The van der Waals surface area contributed by atoms with Crippen LogP contribution in [0.4, 0.5) is 10.7 Å². The molecular weight excluding hydrogens is 530 g/mol. The number of hydrogen-bond acceptors (Lipinski definition) is 7. The Hall–Kier alpha value is -3.46. The highest BCUT2D eigenvalue weighted by Gasteiger charge is 2.29. The summed E-state index contributed by atoms with van der Waals surface area (Å²) in [6.45, 7) is 16.9. The molecule has 0 aliphatic carbocycles. The predicted octanol–water partition coefficient (Wildman–Crippen LogP) is 6.25.